The zero-order valence-electron chi connectivity index (χ0n) is 14.0. The van der Waals surface area contributed by atoms with Crippen LogP contribution in [0.25, 0.3) is 0 Å². The maximum Gasteiger partial charge on any atom is 0.317 e. The molecule has 0 bridgehead atoms. The molecule has 0 aliphatic carbocycles. The molecule has 0 aromatic heterocycles. The first-order valence-electron chi connectivity index (χ1n) is 7.82. The Labute approximate surface area is 138 Å². The average Bonchev–Trinajstić information content (AvgIpc) is 2.57. The van der Waals surface area contributed by atoms with Gasteiger partial charge in [-0.1, -0.05) is 48.0 Å². The molecule has 0 radical (unpaired) electrons. The van der Waals surface area contributed by atoms with Gasteiger partial charge in [0.05, 0.1) is 12.6 Å². The number of hydrogen-bond donors (Lipinski definition) is 1. The predicted octanol–water partition coefficient (Wildman–Crippen LogP) is 3.78. The summed E-state index contributed by atoms with van der Waals surface area (Å²) in [6.07, 6.45) is 0. The molecule has 2 aromatic carbocycles. The minimum absolute atomic E-state index is 0.0239. The van der Waals surface area contributed by atoms with E-state index in [0.717, 1.165) is 11.3 Å². The molecule has 0 saturated heterocycles. The number of nitrogens with zero attached hydrogens (tertiary/aromatic N) is 1. The Bertz CT molecular complexity index is 611. The van der Waals surface area contributed by atoms with Crippen LogP contribution in [0.5, 0.6) is 5.75 Å². The van der Waals surface area contributed by atoms with E-state index in [9.17, 15) is 4.79 Å². The first-order valence-corrected chi connectivity index (χ1v) is 7.82. The smallest absolute Gasteiger partial charge is 0.317 e. The molecule has 1 N–H and O–H groups in total. The second-order valence-corrected chi connectivity index (χ2v) is 5.66. The van der Waals surface area contributed by atoms with Gasteiger partial charge < -0.3 is 15.0 Å². The first kappa shape index (κ1) is 16.9. The Morgan fingerprint density at radius 2 is 1.78 bits per heavy atom. The minimum atomic E-state index is -0.103. The molecule has 2 amide bonds. The number of nitrogens with one attached hydrogen (secondary N) is 1. The summed E-state index contributed by atoms with van der Waals surface area (Å²) in [6.45, 7) is 5.01. The number of urea groups is 1. The number of carbonyl (C=O) groups is 1. The third-order valence-electron chi connectivity index (χ3n) is 3.70. The highest BCUT2D eigenvalue weighted by molar-refractivity contribution is 5.74. The summed E-state index contributed by atoms with van der Waals surface area (Å²) in [4.78, 5) is 13.8. The van der Waals surface area contributed by atoms with Crippen LogP contribution < -0.4 is 10.1 Å². The second-order valence-electron chi connectivity index (χ2n) is 5.66. The van der Waals surface area contributed by atoms with E-state index in [4.69, 9.17) is 4.74 Å². The van der Waals surface area contributed by atoms with Crippen molar-refractivity contribution in [2.75, 3.05) is 20.2 Å². The van der Waals surface area contributed by atoms with Gasteiger partial charge in [-0.05, 0) is 31.5 Å². The molecular weight excluding hydrogens is 288 g/mol. The molecule has 122 valence electrons. The maximum absolute atomic E-state index is 12.2. The molecule has 4 nitrogen and oxygen atoms in total. The summed E-state index contributed by atoms with van der Waals surface area (Å²) in [5.74, 6) is 0.821. The molecule has 23 heavy (non-hydrogen) atoms. The Hall–Kier alpha value is -2.49. The quantitative estimate of drug-likeness (QED) is 0.882. The van der Waals surface area contributed by atoms with Crippen molar-refractivity contribution in [2.24, 2.45) is 0 Å². The SMILES string of the molecule is Cc1ccc(OCCN(C)C(=O)NC(C)c2ccccc2)cc1. The summed E-state index contributed by atoms with van der Waals surface area (Å²) < 4.78 is 5.65. The van der Waals surface area contributed by atoms with Crippen molar-refractivity contribution in [1.82, 2.24) is 10.2 Å². The number of ether oxygens (including phenoxy) is 1. The highest BCUT2D eigenvalue weighted by atomic mass is 16.5. The van der Waals surface area contributed by atoms with Crippen LogP contribution in [0.15, 0.2) is 54.6 Å². The molecule has 0 aliphatic heterocycles. The second kappa shape index (κ2) is 8.22. The summed E-state index contributed by atoms with van der Waals surface area (Å²) in [6, 6.07) is 17.7. The Morgan fingerprint density at radius 1 is 1.13 bits per heavy atom. The predicted molar refractivity (Wildman–Crippen MR) is 92.7 cm³/mol. The Morgan fingerprint density at radius 3 is 2.43 bits per heavy atom. The lowest BCUT2D eigenvalue weighted by atomic mass is 10.1. The van der Waals surface area contributed by atoms with Gasteiger partial charge in [0.1, 0.15) is 12.4 Å². The zero-order valence-corrected chi connectivity index (χ0v) is 14.0. The standard InChI is InChI=1S/C19H24N2O2/c1-15-9-11-18(12-10-15)23-14-13-21(3)19(22)20-16(2)17-7-5-4-6-8-17/h4-12,16H,13-14H2,1-3H3,(H,20,22). The summed E-state index contributed by atoms with van der Waals surface area (Å²) in [5.41, 5.74) is 2.29. The van der Waals surface area contributed by atoms with Crippen LogP contribution in [0.1, 0.15) is 24.1 Å². The van der Waals surface area contributed by atoms with Crippen molar-refractivity contribution in [3.63, 3.8) is 0 Å². The molecule has 0 saturated carbocycles. The van der Waals surface area contributed by atoms with Crippen molar-refractivity contribution in [2.45, 2.75) is 19.9 Å². The number of rotatable bonds is 6. The molecule has 2 aromatic rings. The molecule has 0 spiro atoms. The highest BCUT2D eigenvalue weighted by Crippen LogP contribution is 2.12. The molecule has 4 heteroatoms. The number of hydrogen-bond acceptors (Lipinski definition) is 2. The molecule has 1 atom stereocenters. The summed E-state index contributed by atoms with van der Waals surface area (Å²) >= 11 is 0. The molecule has 0 heterocycles. The van der Waals surface area contributed by atoms with Crippen LogP contribution in [0.2, 0.25) is 0 Å². The first-order chi connectivity index (χ1) is 11.1. The fourth-order valence-corrected chi connectivity index (χ4v) is 2.16. The number of carbonyl (C=O) groups excluding carboxylic acids is 1. The minimum Gasteiger partial charge on any atom is -0.492 e. The van der Waals surface area contributed by atoms with Crippen LogP contribution in [0, 0.1) is 6.92 Å². The molecule has 0 fully saturated rings. The van der Waals surface area contributed by atoms with Crippen LogP contribution in [-0.2, 0) is 0 Å². The number of aryl methyl sites for hydroxylation is 1. The van der Waals surface area contributed by atoms with E-state index >= 15 is 0 Å². The average molecular weight is 312 g/mol. The normalized spacial score (nSPS) is 11.6. The lowest BCUT2D eigenvalue weighted by Crippen LogP contribution is -2.40. The third-order valence-corrected chi connectivity index (χ3v) is 3.70. The molecule has 1 unspecified atom stereocenters. The fourth-order valence-electron chi connectivity index (χ4n) is 2.16. The van der Waals surface area contributed by atoms with Gasteiger partial charge in [0.15, 0.2) is 0 Å². The van der Waals surface area contributed by atoms with E-state index in [0.29, 0.717) is 13.2 Å². The molecular formula is C19H24N2O2. The lowest BCUT2D eigenvalue weighted by Gasteiger charge is -2.21. The summed E-state index contributed by atoms with van der Waals surface area (Å²) in [5, 5.41) is 2.98. The van der Waals surface area contributed by atoms with Crippen LogP contribution >= 0.6 is 0 Å². The highest BCUT2D eigenvalue weighted by Gasteiger charge is 2.12. The van der Waals surface area contributed by atoms with Crippen molar-refractivity contribution in [3.8, 4) is 5.75 Å². The van der Waals surface area contributed by atoms with E-state index in [1.807, 2.05) is 68.4 Å². The van der Waals surface area contributed by atoms with Gasteiger partial charge in [-0.25, -0.2) is 4.79 Å². The van der Waals surface area contributed by atoms with E-state index in [2.05, 4.69) is 5.32 Å². The van der Waals surface area contributed by atoms with Gasteiger partial charge in [-0.15, -0.1) is 0 Å². The van der Waals surface area contributed by atoms with Crippen LogP contribution in [0.4, 0.5) is 4.79 Å². The lowest BCUT2D eigenvalue weighted by molar-refractivity contribution is 0.192. The van der Waals surface area contributed by atoms with Crippen molar-refractivity contribution in [3.05, 3.63) is 65.7 Å². The number of amides is 2. The molecule has 0 aliphatic rings. The Kier molecular flexibility index (Phi) is 6.03. The van der Waals surface area contributed by atoms with Gasteiger partial charge in [-0.3, -0.25) is 0 Å². The van der Waals surface area contributed by atoms with E-state index in [1.165, 1.54) is 5.56 Å². The van der Waals surface area contributed by atoms with Crippen molar-refractivity contribution in [1.29, 1.82) is 0 Å². The van der Waals surface area contributed by atoms with Crippen molar-refractivity contribution < 1.29 is 9.53 Å². The van der Waals surface area contributed by atoms with Crippen LogP contribution in [0.3, 0.4) is 0 Å². The van der Waals surface area contributed by atoms with E-state index in [-0.39, 0.29) is 12.1 Å². The van der Waals surface area contributed by atoms with E-state index < -0.39 is 0 Å². The third kappa shape index (κ3) is 5.33. The largest absolute Gasteiger partial charge is 0.492 e. The summed E-state index contributed by atoms with van der Waals surface area (Å²) in [7, 11) is 1.77. The van der Waals surface area contributed by atoms with Crippen LogP contribution in [-0.4, -0.2) is 31.1 Å². The number of likely N-dealkylation sites (N-methyl/N-ethyl adjacent to an activating group) is 1. The van der Waals surface area contributed by atoms with Gasteiger partial charge >= 0.3 is 6.03 Å². The van der Waals surface area contributed by atoms with Gasteiger partial charge in [-0.2, -0.15) is 0 Å². The monoisotopic (exact) mass is 312 g/mol. The Balaban J connectivity index is 1.75. The maximum atomic E-state index is 12.2. The van der Waals surface area contributed by atoms with Gasteiger partial charge in [0.25, 0.3) is 0 Å². The van der Waals surface area contributed by atoms with Crippen molar-refractivity contribution >= 4 is 6.03 Å². The van der Waals surface area contributed by atoms with Gasteiger partial charge in [0, 0.05) is 7.05 Å². The topological polar surface area (TPSA) is 41.6 Å². The number of benzene rings is 2. The fraction of sp³-hybridized carbons (Fsp3) is 0.316. The molecule has 2 rings (SSSR count). The van der Waals surface area contributed by atoms with Gasteiger partial charge in [0.2, 0.25) is 0 Å². The van der Waals surface area contributed by atoms with E-state index in [1.54, 1.807) is 11.9 Å². The zero-order chi connectivity index (χ0) is 16.7.